The van der Waals surface area contributed by atoms with Crippen LogP contribution in [0.1, 0.15) is 75.3 Å². The van der Waals surface area contributed by atoms with E-state index in [1.807, 2.05) is 12.1 Å². The Hall–Kier alpha value is -0.540. The van der Waals surface area contributed by atoms with Gasteiger partial charge in [0.05, 0.1) is 5.60 Å². The second-order valence-corrected chi connectivity index (χ2v) is 11.1. The number of rotatable bonds is 4. The molecule has 0 aromatic heterocycles. The zero-order valence-electron chi connectivity index (χ0n) is 16.5. The lowest BCUT2D eigenvalue weighted by Crippen LogP contribution is -2.51. The second kappa shape index (κ2) is 6.49. The van der Waals surface area contributed by atoms with Crippen LogP contribution in [-0.2, 0) is 6.42 Å². The van der Waals surface area contributed by atoms with Crippen molar-refractivity contribution < 1.29 is 10.2 Å². The molecule has 7 atom stereocenters. The number of hydrogen-bond donors (Lipinski definition) is 2. The van der Waals surface area contributed by atoms with Crippen molar-refractivity contribution in [3.63, 3.8) is 0 Å². The van der Waals surface area contributed by atoms with Gasteiger partial charge in [-0.25, -0.2) is 0 Å². The normalized spacial score (nSPS) is 45.1. The van der Waals surface area contributed by atoms with Gasteiger partial charge in [0.2, 0.25) is 0 Å². The first kappa shape index (κ1) is 18.5. The molecule has 3 fully saturated rings. The molecule has 1 aromatic carbocycles. The summed E-state index contributed by atoms with van der Waals surface area (Å²) in [5.74, 6) is 4.03. The molecular weight excluding hydrogens is 400 g/mol. The van der Waals surface area contributed by atoms with Crippen LogP contribution >= 0.6 is 15.9 Å². The fourth-order valence-corrected chi connectivity index (χ4v) is 8.09. The number of phenolic OH excluding ortho intramolecular Hbond substituents is 1. The Balaban J connectivity index is 1.37. The first-order valence-corrected chi connectivity index (χ1v) is 12.2. The number of halogens is 1. The molecule has 0 heterocycles. The number of aliphatic hydroxyl groups is 1. The highest BCUT2D eigenvalue weighted by Crippen LogP contribution is 2.66. The fraction of sp³-hybridized carbons (Fsp3) is 0.750. The predicted octanol–water partition coefficient (Wildman–Crippen LogP) is 5.79. The first-order valence-electron chi connectivity index (χ1n) is 11.1. The van der Waals surface area contributed by atoms with Gasteiger partial charge in [-0.3, -0.25) is 0 Å². The van der Waals surface area contributed by atoms with Gasteiger partial charge in [0.25, 0.3) is 0 Å². The maximum Gasteiger partial charge on any atom is 0.115 e. The topological polar surface area (TPSA) is 40.5 Å². The fourth-order valence-electron chi connectivity index (χ4n) is 7.50. The van der Waals surface area contributed by atoms with Crippen molar-refractivity contribution in [1.29, 1.82) is 0 Å². The van der Waals surface area contributed by atoms with E-state index in [4.69, 9.17) is 0 Å². The Morgan fingerprint density at radius 1 is 1.15 bits per heavy atom. The molecule has 3 heteroatoms. The molecule has 2 N–H and O–H groups in total. The van der Waals surface area contributed by atoms with Crippen LogP contribution in [-0.4, -0.2) is 21.1 Å². The standard InChI is InChI=1S/C24H33BrO2/c1-23-9-6-20-19-5-3-18(26)13-16(19)2-4-21(20)22(23)7-10-24(23,27)14-17-12-15(17)8-11-25/h3,5,13,15,17,20-22,26-27H,2,4,6-12,14H2,1H3/t15?,17?,20-,21-,22+,23+,24-/m1/s1. The summed E-state index contributed by atoms with van der Waals surface area (Å²) in [7, 11) is 0. The number of fused-ring (bicyclic) bond motifs is 5. The summed E-state index contributed by atoms with van der Waals surface area (Å²) in [5, 5.41) is 22.8. The largest absolute Gasteiger partial charge is 0.508 e. The summed E-state index contributed by atoms with van der Waals surface area (Å²) >= 11 is 3.59. The summed E-state index contributed by atoms with van der Waals surface area (Å²) in [6.45, 7) is 2.43. The van der Waals surface area contributed by atoms with E-state index < -0.39 is 5.60 Å². The van der Waals surface area contributed by atoms with Crippen molar-refractivity contribution in [2.45, 2.75) is 76.2 Å². The summed E-state index contributed by atoms with van der Waals surface area (Å²) in [6.07, 6.45) is 10.5. The minimum atomic E-state index is -0.441. The number of hydrogen-bond acceptors (Lipinski definition) is 2. The molecule has 3 saturated carbocycles. The van der Waals surface area contributed by atoms with E-state index in [9.17, 15) is 10.2 Å². The Morgan fingerprint density at radius 2 is 2.00 bits per heavy atom. The third-order valence-electron chi connectivity index (χ3n) is 9.18. The first-order chi connectivity index (χ1) is 12.9. The van der Waals surface area contributed by atoms with Crippen molar-refractivity contribution in [2.75, 3.05) is 5.33 Å². The lowest BCUT2D eigenvalue weighted by atomic mass is 9.53. The van der Waals surface area contributed by atoms with E-state index in [1.165, 1.54) is 43.2 Å². The molecule has 2 unspecified atom stereocenters. The zero-order chi connectivity index (χ0) is 18.8. The number of benzene rings is 1. The minimum Gasteiger partial charge on any atom is -0.508 e. The van der Waals surface area contributed by atoms with E-state index in [1.54, 1.807) is 0 Å². The minimum absolute atomic E-state index is 0.101. The lowest BCUT2D eigenvalue weighted by molar-refractivity contribution is -0.110. The van der Waals surface area contributed by atoms with Crippen LogP contribution in [0.2, 0.25) is 0 Å². The van der Waals surface area contributed by atoms with Gasteiger partial charge in [0.15, 0.2) is 0 Å². The quantitative estimate of drug-likeness (QED) is 0.590. The monoisotopic (exact) mass is 432 g/mol. The average molecular weight is 433 g/mol. The number of aromatic hydroxyl groups is 1. The van der Waals surface area contributed by atoms with Crippen LogP contribution in [0.4, 0.5) is 0 Å². The van der Waals surface area contributed by atoms with E-state index in [2.05, 4.69) is 28.9 Å². The van der Waals surface area contributed by atoms with E-state index in [0.717, 1.165) is 42.8 Å². The molecule has 5 rings (SSSR count). The van der Waals surface area contributed by atoms with Crippen LogP contribution in [0.3, 0.4) is 0 Å². The summed E-state index contributed by atoms with van der Waals surface area (Å²) < 4.78 is 0. The Bertz CT molecular complexity index is 733. The highest BCUT2D eigenvalue weighted by atomic mass is 79.9. The van der Waals surface area contributed by atoms with E-state index in [-0.39, 0.29) is 5.41 Å². The van der Waals surface area contributed by atoms with Gasteiger partial charge in [0, 0.05) is 5.33 Å². The smallest absolute Gasteiger partial charge is 0.115 e. The molecule has 4 aliphatic carbocycles. The van der Waals surface area contributed by atoms with Crippen molar-refractivity contribution in [2.24, 2.45) is 29.1 Å². The van der Waals surface area contributed by atoms with Gasteiger partial charge in [0.1, 0.15) is 5.75 Å². The van der Waals surface area contributed by atoms with Crippen LogP contribution < -0.4 is 0 Å². The van der Waals surface area contributed by atoms with Crippen molar-refractivity contribution in [1.82, 2.24) is 0 Å². The number of phenols is 1. The maximum atomic E-state index is 11.8. The van der Waals surface area contributed by atoms with Gasteiger partial charge in [-0.2, -0.15) is 0 Å². The Kier molecular flexibility index (Phi) is 4.44. The SMILES string of the molecule is C[C@]12CC[C@@H]3c4ccc(O)cc4CC[C@H]3[C@@H]1CC[C@@]2(O)CC1CC1CCBr. The summed E-state index contributed by atoms with van der Waals surface area (Å²) in [6, 6.07) is 6.04. The molecule has 0 bridgehead atoms. The third-order valence-corrected chi connectivity index (χ3v) is 9.64. The third kappa shape index (κ3) is 2.82. The molecule has 1 aromatic rings. The van der Waals surface area contributed by atoms with E-state index in [0.29, 0.717) is 23.5 Å². The average Bonchev–Trinajstić information content (AvgIpc) is 3.30. The molecule has 4 aliphatic rings. The molecular formula is C24H33BrO2. The summed E-state index contributed by atoms with van der Waals surface area (Å²) in [4.78, 5) is 0. The number of alkyl halides is 1. The molecule has 2 nitrogen and oxygen atoms in total. The van der Waals surface area contributed by atoms with Gasteiger partial charge in [-0.1, -0.05) is 28.9 Å². The highest BCUT2D eigenvalue weighted by Gasteiger charge is 2.62. The maximum absolute atomic E-state index is 11.8. The number of aryl methyl sites for hydroxylation is 1. The van der Waals surface area contributed by atoms with Gasteiger partial charge in [-0.05, 0) is 116 Å². The predicted molar refractivity (Wildman–Crippen MR) is 112 cm³/mol. The molecule has 0 spiro atoms. The lowest BCUT2D eigenvalue weighted by Gasteiger charge is -2.53. The van der Waals surface area contributed by atoms with Crippen LogP contribution in [0.5, 0.6) is 5.75 Å². The van der Waals surface area contributed by atoms with Crippen LogP contribution in [0, 0.1) is 29.1 Å². The highest BCUT2D eigenvalue weighted by molar-refractivity contribution is 9.09. The molecule has 0 amide bonds. The second-order valence-electron chi connectivity index (χ2n) is 10.3. The van der Waals surface area contributed by atoms with Crippen LogP contribution in [0.25, 0.3) is 0 Å². The molecule has 0 aliphatic heterocycles. The molecule has 148 valence electrons. The van der Waals surface area contributed by atoms with Gasteiger partial charge >= 0.3 is 0 Å². The molecule has 27 heavy (non-hydrogen) atoms. The van der Waals surface area contributed by atoms with Crippen molar-refractivity contribution in [3.8, 4) is 5.75 Å². The Morgan fingerprint density at radius 3 is 2.81 bits per heavy atom. The van der Waals surface area contributed by atoms with Crippen molar-refractivity contribution in [3.05, 3.63) is 29.3 Å². The van der Waals surface area contributed by atoms with Crippen LogP contribution in [0.15, 0.2) is 18.2 Å². The summed E-state index contributed by atoms with van der Waals surface area (Å²) in [5.41, 5.74) is 2.51. The molecule has 0 radical (unpaired) electrons. The van der Waals surface area contributed by atoms with Gasteiger partial charge in [-0.15, -0.1) is 0 Å². The van der Waals surface area contributed by atoms with E-state index >= 15 is 0 Å². The zero-order valence-corrected chi connectivity index (χ0v) is 18.0. The van der Waals surface area contributed by atoms with Crippen molar-refractivity contribution >= 4 is 15.9 Å². The Labute approximate surface area is 171 Å². The molecule has 0 saturated heterocycles. The van der Waals surface area contributed by atoms with Gasteiger partial charge < -0.3 is 10.2 Å².